The number of methoxy groups -OCH3 is 1. The van der Waals surface area contributed by atoms with E-state index in [2.05, 4.69) is 5.32 Å². The van der Waals surface area contributed by atoms with Crippen LogP contribution < -0.4 is 10.1 Å². The zero-order valence-corrected chi connectivity index (χ0v) is 10.9. The first kappa shape index (κ1) is 12.7. The smallest absolute Gasteiger partial charge is 0.165 e. The molecule has 0 amide bonds. The highest BCUT2D eigenvalue weighted by molar-refractivity contribution is 7.99. The Labute approximate surface area is 106 Å². The van der Waals surface area contributed by atoms with Gasteiger partial charge in [-0.1, -0.05) is 6.07 Å². The van der Waals surface area contributed by atoms with Gasteiger partial charge in [0.25, 0.3) is 0 Å². The third-order valence-corrected chi connectivity index (χ3v) is 4.23. The molecule has 0 aliphatic carbocycles. The molecule has 1 saturated heterocycles. The van der Waals surface area contributed by atoms with Crippen LogP contribution in [0.4, 0.5) is 4.39 Å². The molecular weight excluding hydrogens is 237 g/mol. The molecule has 0 radical (unpaired) electrons. The van der Waals surface area contributed by atoms with E-state index in [1.165, 1.54) is 31.1 Å². The minimum atomic E-state index is -0.289. The quantitative estimate of drug-likeness (QED) is 0.874. The van der Waals surface area contributed by atoms with Crippen LogP contribution in [-0.4, -0.2) is 25.2 Å². The van der Waals surface area contributed by atoms with Crippen molar-refractivity contribution in [3.63, 3.8) is 0 Å². The lowest BCUT2D eigenvalue weighted by Crippen LogP contribution is -2.22. The van der Waals surface area contributed by atoms with E-state index in [1.54, 1.807) is 6.07 Å². The summed E-state index contributed by atoms with van der Waals surface area (Å²) in [5, 5.41) is 3.39. The molecule has 1 N–H and O–H groups in total. The molecule has 1 unspecified atom stereocenters. The third-order valence-electron chi connectivity index (χ3n) is 3.00. The maximum absolute atomic E-state index is 13.4. The predicted molar refractivity (Wildman–Crippen MR) is 70.1 cm³/mol. The molecule has 0 aromatic heterocycles. The van der Waals surface area contributed by atoms with Gasteiger partial charge in [-0.3, -0.25) is 0 Å². The van der Waals surface area contributed by atoms with E-state index < -0.39 is 0 Å². The van der Waals surface area contributed by atoms with Crippen LogP contribution in [0.1, 0.15) is 12.0 Å². The lowest BCUT2D eigenvalue weighted by molar-refractivity contribution is 0.386. The van der Waals surface area contributed by atoms with Crippen molar-refractivity contribution in [2.75, 3.05) is 25.2 Å². The maximum atomic E-state index is 13.4. The summed E-state index contributed by atoms with van der Waals surface area (Å²) in [7, 11) is 1.48. The fraction of sp³-hybridized carbons (Fsp3) is 0.538. The zero-order chi connectivity index (χ0) is 12.1. The standard InChI is InChI=1S/C13H18FNOS/c1-16-13-3-2-10(6-12(13)14)7-15-8-11-4-5-17-9-11/h2-3,6,11,15H,4-5,7-9H2,1H3. The number of ether oxygens (including phenoxy) is 1. The van der Waals surface area contributed by atoms with Gasteiger partial charge in [0.05, 0.1) is 7.11 Å². The third kappa shape index (κ3) is 3.61. The average molecular weight is 255 g/mol. The Kier molecular flexibility index (Phi) is 4.68. The molecule has 0 spiro atoms. The highest BCUT2D eigenvalue weighted by Gasteiger charge is 2.14. The van der Waals surface area contributed by atoms with E-state index in [0.717, 1.165) is 24.6 Å². The first-order valence-electron chi connectivity index (χ1n) is 5.90. The number of hydrogen-bond donors (Lipinski definition) is 1. The van der Waals surface area contributed by atoms with Crippen molar-refractivity contribution in [1.29, 1.82) is 0 Å². The van der Waals surface area contributed by atoms with Gasteiger partial charge in [-0.05, 0) is 48.1 Å². The van der Waals surface area contributed by atoms with E-state index >= 15 is 0 Å². The number of hydrogen-bond acceptors (Lipinski definition) is 3. The molecular formula is C13H18FNOS. The summed E-state index contributed by atoms with van der Waals surface area (Å²) in [6.45, 7) is 1.75. The molecule has 1 aromatic carbocycles. The molecule has 0 saturated carbocycles. The van der Waals surface area contributed by atoms with Crippen LogP contribution in [0.25, 0.3) is 0 Å². The Morgan fingerprint density at radius 2 is 2.41 bits per heavy atom. The van der Waals surface area contributed by atoms with Crippen molar-refractivity contribution in [3.8, 4) is 5.75 Å². The van der Waals surface area contributed by atoms with Gasteiger partial charge in [0.15, 0.2) is 11.6 Å². The van der Waals surface area contributed by atoms with Crippen LogP contribution in [0.15, 0.2) is 18.2 Å². The number of benzene rings is 1. The molecule has 17 heavy (non-hydrogen) atoms. The van der Waals surface area contributed by atoms with Crippen molar-refractivity contribution in [2.45, 2.75) is 13.0 Å². The van der Waals surface area contributed by atoms with Crippen LogP contribution in [-0.2, 0) is 6.54 Å². The molecule has 1 aliphatic rings. The van der Waals surface area contributed by atoms with Gasteiger partial charge in [0.1, 0.15) is 0 Å². The van der Waals surface area contributed by atoms with Gasteiger partial charge in [0, 0.05) is 6.54 Å². The predicted octanol–water partition coefficient (Wildman–Crippen LogP) is 2.68. The van der Waals surface area contributed by atoms with E-state index in [-0.39, 0.29) is 5.82 Å². The largest absolute Gasteiger partial charge is 0.494 e. The highest BCUT2D eigenvalue weighted by Crippen LogP contribution is 2.22. The van der Waals surface area contributed by atoms with Crippen molar-refractivity contribution < 1.29 is 9.13 Å². The lowest BCUT2D eigenvalue weighted by Gasteiger charge is -2.10. The van der Waals surface area contributed by atoms with E-state index in [1.807, 2.05) is 17.8 Å². The Bertz CT molecular complexity index is 366. The molecule has 0 bridgehead atoms. The summed E-state index contributed by atoms with van der Waals surface area (Å²) in [4.78, 5) is 0. The van der Waals surface area contributed by atoms with Gasteiger partial charge in [-0.2, -0.15) is 11.8 Å². The zero-order valence-electron chi connectivity index (χ0n) is 10.0. The molecule has 1 aliphatic heterocycles. The summed E-state index contributed by atoms with van der Waals surface area (Å²) < 4.78 is 18.3. The second-order valence-corrected chi connectivity index (χ2v) is 5.48. The molecule has 2 rings (SSSR count). The summed E-state index contributed by atoms with van der Waals surface area (Å²) >= 11 is 2.02. The molecule has 1 heterocycles. The molecule has 2 nitrogen and oxygen atoms in total. The summed E-state index contributed by atoms with van der Waals surface area (Å²) in [6.07, 6.45) is 1.30. The van der Waals surface area contributed by atoms with Gasteiger partial charge in [0.2, 0.25) is 0 Å². The molecule has 1 fully saturated rings. The Morgan fingerprint density at radius 1 is 1.53 bits per heavy atom. The molecule has 1 aromatic rings. The van der Waals surface area contributed by atoms with Crippen molar-refractivity contribution in [3.05, 3.63) is 29.6 Å². The second kappa shape index (κ2) is 6.26. The van der Waals surface area contributed by atoms with Gasteiger partial charge in [-0.25, -0.2) is 4.39 Å². The van der Waals surface area contributed by atoms with Crippen LogP contribution in [0.5, 0.6) is 5.75 Å². The average Bonchev–Trinajstić information content (AvgIpc) is 2.82. The Morgan fingerprint density at radius 3 is 3.06 bits per heavy atom. The van der Waals surface area contributed by atoms with Crippen molar-refractivity contribution in [1.82, 2.24) is 5.32 Å². The summed E-state index contributed by atoms with van der Waals surface area (Å²) in [5.41, 5.74) is 0.967. The minimum Gasteiger partial charge on any atom is -0.494 e. The topological polar surface area (TPSA) is 21.3 Å². The van der Waals surface area contributed by atoms with Crippen LogP contribution in [0, 0.1) is 11.7 Å². The van der Waals surface area contributed by atoms with Crippen molar-refractivity contribution in [2.24, 2.45) is 5.92 Å². The van der Waals surface area contributed by atoms with E-state index in [9.17, 15) is 4.39 Å². The number of rotatable bonds is 5. The maximum Gasteiger partial charge on any atom is 0.165 e. The fourth-order valence-electron chi connectivity index (χ4n) is 1.98. The van der Waals surface area contributed by atoms with Crippen LogP contribution in [0.2, 0.25) is 0 Å². The number of halogens is 1. The van der Waals surface area contributed by atoms with Gasteiger partial charge in [-0.15, -0.1) is 0 Å². The van der Waals surface area contributed by atoms with E-state index in [4.69, 9.17) is 4.74 Å². The first-order valence-corrected chi connectivity index (χ1v) is 7.06. The molecule has 1 atom stereocenters. The molecule has 94 valence electrons. The summed E-state index contributed by atoms with van der Waals surface area (Å²) in [6, 6.07) is 5.12. The second-order valence-electron chi connectivity index (χ2n) is 4.33. The number of nitrogens with one attached hydrogen (secondary N) is 1. The molecule has 4 heteroatoms. The normalized spacial score (nSPS) is 19.5. The van der Waals surface area contributed by atoms with Crippen molar-refractivity contribution >= 4 is 11.8 Å². The first-order chi connectivity index (χ1) is 8.29. The Hall–Kier alpha value is -0.740. The SMILES string of the molecule is COc1ccc(CNCC2CCSC2)cc1F. The van der Waals surface area contributed by atoms with Crippen LogP contribution >= 0.6 is 11.8 Å². The van der Waals surface area contributed by atoms with Gasteiger partial charge < -0.3 is 10.1 Å². The fourth-order valence-corrected chi connectivity index (χ4v) is 3.27. The lowest BCUT2D eigenvalue weighted by atomic mass is 10.1. The van der Waals surface area contributed by atoms with Gasteiger partial charge >= 0.3 is 0 Å². The highest BCUT2D eigenvalue weighted by atomic mass is 32.2. The summed E-state index contributed by atoms with van der Waals surface area (Å²) in [5.74, 6) is 3.33. The monoisotopic (exact) mass is 255 g/mol. The van der Waals surface area contributed by atoms with E-state index in [0.29, 0.717) is 5.75 Å². The number of thioether (sulfide) groups is 1. The Balaban J connectivity index is 1.80. The minimum absolute atomic E-state index is 0.289. The van der Waals surface area contributed by atoms with Crippen LogP contribution in [0.3, 0.4) is 0 Å².